The topological polar surface area (TPSA) is 29.5 Å². The predicted octanol–water partition coefficient (Wildman–Crippen LogP) is 6.54. The molecule has 0 fully saturated rings. The molecule has 0 aromatic heterocycles. The Morgan fingerprint density at radius 2 is 1.41 bits per heavy atom. The third-order valence-corrected chi connectivity index (χ3v) is 4.23. The van der Waals surface area contributed by atoms with Crippen LogP contribution in [-0.2, 0) is 4.74 Å². The molecule has 0 rings (SSSR count). The molecule has 0 saturated carbocycles. The van der Waals surface area contributed by atoms with Gasteiger partial charge in [0.15, 0.2) is 0 Å². The summed E-state index contributed by atoms with van der Waals surface area (Å²) in [7, 11) is 1.55. The Morgan fingerprint density at radius 1 is 0.815 bits per heavy atom. The Kier molecular flexibility index (Phi) is 11.5. The molecule has 2 nitrogen and oxygen atoms in total. The number of rotatable bonds is 13. The molecule has 0 unspecified atom stereocenters. The largest absolute Gasteiger partial charge is 0.497 e. The van der Waals surface area contributed by atoms with E-state index >= 15 is 0 Å². The first-order chi connectivity index (χ1) is 12.7. The van der Waals surface area contributed by atoms with Gasteiger partial charge < -0.3 is 9.84 Å². The van der Waals surface area contributed by atoms with Gasteiger partial charge in [-0.15, -0.1) is 0 Å². The highest BCUT2D eigenvalue weighted by atomic mass is 16.5. The van der Waals surface area contributed by atoms with Crippen molar-refractivity contribution in [2.75, 3.05) is 13.7 Å². The third-order valence-electron chi connectivity index (χ3n) is 4.23. The molecule has 146 valence electrons. The molecule has 0 aromatic carbocycles. The van der Waals surface area contributed by atoms with Crippen molar-refractivity contribution in [3.8, 4) is 0 Å². The fourth-order valence-corrected chi connectivity index (χ4v) is 2.20. The van der Waals surface area contributed by atoms with Crippen molar-refractivity contribution >= 4 is 0 Å². The predicted molar refractivity (Wildman–Crippen MR) is 119 cm³/mol. The number of ether oxygens (including phenoxy) is 1. The molecule has 0 aliphatic carbocycles. The van der Waals surface area contributed by atoms with Crippen LogP contribution in [0, 0.1) is 0 Å². The number of methoxy groups -OCH3 is 1. The molecule has 1 N–H and O–H groups in total. The van der Waals surface area contributed by atoms with E-state index in [1.807, 2.05) is 24.3 Å². The van der Waals surface area contributed by atoms with Gasteiger partial charge in [0, 0.05) is 6.61 Å². The number of aliphatic hydroxyl groups is 1. The fraction of sp³-hybridized carbons (Fsp3) is 0.280. The third kappa shape index (κ3) is 8.57. The molecule has 0 amide bonds. The normalized spacial score (nSPS) is 12.0. The van der Waals surface area contributed by atoms with Crippen molar-refractivity contribution in [1.29, 1.82) is 0 Å². The Bertz CT molecular complexity index is 709. The summed E-state index contributed by atoms with van der Waals surface area (Å²) >= 11 is 0. The van der Waals surface area contributed by atoms with Crippen LogP contribution in [0.5, 0.6) is 0 Å². The Balaban J connectivity index is 5.46. The van der Waals surface area contributed by atoms with Crippen LogP contribution in [0.2, 0.25) is 0 Å². The van der Waals surface area contributed by atoms with Crippen LogP contribution in [0.15, 0.2) is 109 Å². The SMILES string of the molecule is C=C(/C=C\C(=C)C(=C)/C=C(/CC)C(=C)C(=C)/C=C(/CCO)C(=C)OC)CC. The van der Waals surface area contributed by atoms with E-state index < -0.39 is 0 Å². The van der Waals surface area contributed by atoms with Gasteiger partial charge in [0.05, 0.1) is 7.11 Å². The zero-order chi connectivity index (χ0) is 21.0. The minimum Gasteiger partial charge on any atom is -0.497 e. The Labute approximate surface area is 165 Å². The summed E-state index contributed by atoms with van der Waals surface area (Å²) in [4.78, 5) is 0. The van der Waals surface area contributed by atoms with Gasteiger partial charge in [0.25, 0.3) is 0 Å². The lowest BCUT2D eigenvalue weighted by Gasteiger charge is -2.14. The van der Waals surface area contributed by atoms with E-state index in [4.69, 9.17) is 4.74 Å². The highest BCUT2D eigenvalue weighted by Crippen LogP contribution is 2.26. The lowest BCUT2D eigenvalue weighted by atomic mass is 9.93. The van der Waals surface area contributed by atoms with Crippen LogP contribution < -0.4 is 0 Å². The van der Waals surface area contributed by atoms with E-state index in [9.17, 15) is 5.11 Å². The lowest BCUT2D eigenvalue weighted by molar-refractivity contribution is 0.276. The second kappa shape index (κ2) is 12.7. The van der Waals surface area contributed by atoms with Gasteiger partial charge >= 0.3 is 0 Å². The number of aliphatic hydroxyl groups excluding tert-OH is 1. The molecule has 0 bridgehead atoms. The van der Waals surface area contributed by atoms with Crippen molar-refractivity contribution in [3.05, 3.63) is 109 Å². The first kappa shape index (κ1) is 24.4. The molecule has 0 saturated heterocycles. The maximum Gasteiger partial charge on any atom is 0.114 e. The highest BCUT2D eigenvalue weighted by Gasteiger charge is 2.08. The summed E-state index contributed by atoms with van der Waals surface area (Å²) in [5.41, 5.74) is 6.08. The Hall–Kier alpha value is -2.58. The zero-order valence-corrected chi connectivity index (χ0v) is 17.2. The van der Waals surface area contributed by atoms with E-state index in [1.165, 1.54) is 0 Å². The molecule has 0 aliphatic heterocycles. The minimum atomic E-state index is 0.0104. The Morgan fingerprint density at radius 3 is 1.89 bits per heavy atom. The molecule has 0 atom stereocenters. The first-order valence-electron chi connectivity index (χ1n) is 9.09. The quantitative estimate of drug-likeness (QED) is 0.296. The van der Waals surface area contributed by atoms with E-state index in [-0.39, 0.29) is 6.61 Å². The summed E-state index contributed by atoms with van der Waals surface area (Å²) < 4.78 is 5.18. The zero-order valence-electron chi connectivity index (χ0n) is 17.2. The van der Waals surface area contributed by atoms with Crippen molar-refractivity contribution in [1.82, 2.24) is 0 Å². The van der Waals surface area contributed by atoms with Crippen LogP contribution >= 0.6 is 0 Å². The second-order valence-corrected chi connectivity index (χ2v) is 6.19. The van der Waals surface area contributed by atoms with Crippen LogP contribution in [0.1, 0.15) is 33.1 Å². The maximum absolute atomic E-state index is 9.24. The molecule has 0 aliphatic rings. The van der Waals surface area contributed by atoms with Crippen LogP contribution in [0.3, 0.4) is 0 Å². The van der Waals surface area contributed by atoms with Crippen molar-refractivity contribution in [2.24, 2.45) is 0 Å². The van der Waals surface area contributed by atoms with E-state index in [1.54, 1.807) is 7.11 Å². The van der Waals surface area contributed by atoms with Crippen molar-refractivity contribution in [3.63, 3.8) is 0 Å². The van der Waals surface area contributed by atoms with E-state index in [2.05, 4.69) is 53.3 Å². The van der Waals surface area contributed by atoms with Gasteiger partial charge in [-0.2, -0.15) is 0 Å². The fourth-order valence-electron chi connectivity index (χ4n) is 2.20. The summed E-state index contributed by atoms with van der Waals surface area (Å²) in [5, 5.41) is 9.24. The molecule has 0 heterocycles. The standard InChI is InChI=1S/C25H34O2/c1-10-18(3)12-13-19(4)20(5)16-24(11-2)22(7)21(6)17-25(14-15-26)23(8)27-9/h12-13,16-17,26H,3-8,10-11,14-15H2,1-2,9H3/b13-12-,24-16-,25-17-. The van der Waals surface area contributed by atoms with Crippen molar-refractivity contribution < 1.29 is 9.84 Å². The van der Waals surface area contributed by atoms with Gasteiger partial charge in [0.1, 0.15) is 5.76 Å². The average molecular weight is 367 g/mol. The van der Waals surface area contributed by atoms with E-state index in [0.717, 1.165) is 51.9 Å². The lowest BCUT2D eigenvalue weighted by Crippen LogP contribution is -1.98. The van der Waals surface area contributed by atoms with Gasteiger partial charge in [-0.05, 0) is 58.8 Å². The number of hydrogen-bond donors (Lipinski definition) is 1. The smallest absolute Gasteiger partial charge is 0.114 e. The van der Waals surface area contributed by atoms with E-state index in [0.29, 0.717) is 12.2 Å². The van der Waals surface area contributed by atoms with Gasteiger partial charge in [-0.3, -0.25) is 0 Å². The summed E-state index contributed by atoms with van der Waals surface area (Å²) in [6, 6.07) is 0. The van der Waals surface area contributed by atoms with Gasteiger partial charge in [-0.1, -0.05) is 77.1 Å². The second-order valence-electron chi connectivity index (χ2n) is 6.19. The average Bonchev–Trinajstić information content (AvgIpc) is 2.67. The van der Waals surface area contributed by atoms with Gasteiger partial charge in [0.2, 0.25) is 0 Å². The highest BCUT2D eigenvalue weighted by molar-refractivity contribution is 5.55. The summed E-state index contributed by atoms with van der Waals surface area (Å²) in [5.74, 6) is 0.513. The van der Waals surface area contributed by atoms with Crippen LogP contribution in [0.4, 0.5) is 0 Å². The van der Waals surface area contributed by atoms with Crippen LogP contribution in [0.25, 0.3) is 0 Å². The molecule has 27 heavy (non-hydrogen) atoms. The molecule has 0 radical (unpaired) electrons. The molecule has 0 spiro atoms. The first-order valence-corrected chi connectivity index (χ1v) is 9.09. The molecular formula is C25H34O2. The summed E-state index contributed by atoms with van der Waals surface area (Å²) in [6.45, 7) is 28.4. The van der Waals surface area contributed by atoms with Crippen LogP contribution in [-0.4, -0.2) is 18.8 Å². The monoisotopic (exact) mass is 366 g/mol. The number of hydrogen-bond acceptors (Lipinski definition) is 2. The molecule has 0 aromatic rings. The van der Waals surface area contributed by atoms with Gasteiger partial charge in [-0.25, -0.2) is 0 Å². The molecule has 2 heteroatoms. The molecular weight excluding hydrogens is 332 g/mol. The summed E-state index contributed by atoms with van der Waals surface area (Å²) in [6.07, 6.45) is 9.86. The van der Waals surface area contributed by atoms with Crippen molar-refractivity contribution in [2.45, 2.75) is 33.1 Å². The maximum atomic E-state index is 9.24. The number of allylic oxidation sites excluding steroid dienone is 11. The minimum absolute atomic E-state index is 0.0104.